The summed E-state index contributed by atoms with van der Waals surface area (Å²) in [6.45, 7) is 4.68. The van der Waals surface area contributed by atoms with Gasteiger partial charge in [0.15, 0.2) is 0 Å². The van der Waals surface area contributed by atoms with Crippen LogP contribution in [-0.4, -0.2) is 37.7 Å². The minimum absolute atomic E-state index is 0.00723. The van der Waals surface area contributed by atoms with Gasteiger partial charge in [0.2, 0.25) is 5.95 Å². The molecule has 140 valence electrons. The van der Waals surface area contributed by atoms with Crippen molar-refractivity contribution in [2.24, 2.45) is 5.92 Å². The summed E-state index contributed by atoms with van der Waals surface area (Å²) in [5.41, 5.74) is 2.53. The Kier molecular flexibility index (Phi) is 6.27. The number of hydrogen-bond acceptors (Lipinski definition) is 7. The second kappa shape index (κ2) is 9.05. The fourth-order valence-electron chi connectivity index (χ4n) is 2.53. The highest BCUT2D eigenvalue weighted by Crippen LogP contribution is 2.21. The third-order valence-electron chi connectivity index (χ3n) is 4.17. The van der Waals surface area contributed by atoms with Gasteiger partial charge in [-0.25, -0.2) is 4.98 Å². The molecule has 0 aromatic carbocycles. The van der Waals surface area contributed by atoms with Crippen LogP contribution in [0.1, 0.15) is 19.4 Å². The van der Waals surface area contributed by atoms with Crippen LogP contribution in [-0.2, 0) is 6.54 Å². The van der Waals surface area contributed by atoms with Crippen molar-refractivity contribution in [3.63, 3.8) is 0 Å². The van der Waals surface area contributed by atoms with Gasteiger partial charge in [0.25, 0.3) is 0 Å². The molecule has 7 nitrogen and oxygen atoms in total. The summed E-state index contributed by atoms with van der Waals surface area (Å²) in [4.78, 5) is 17.6. The topological polar surface area (TPSA) is 95.8 Å². The molecule has 3 rings (SSSR count). The molecule has 3 aromatic rings. The maximum atomic E-state index is 9.61. The Labute approximate surface area is 159 Å². The van der Waals surface area contributed by atoms with Crippen molar-refractivity contribution in [3.05, 3.63) is 60.6 Å². The minimum Gasteiger partial charge on any atom is -0.394 e. The number of aliphatic hydroxyl groups excluding tert-OH is 1. The van der Waals surface area contributed by atoms with Crippen LogP contribution in [0, 0.1) is 5.92 Å². The van der Waals surface area contributed by atoms with E-state index >= 15 is 0 Å². The Hall–Kier alpha value is -3.06. The fraction of sp³-hybridized carbons (Fsp3) is 0.300. The summed E-state index contributed by atoms with van der Waals surface area (Å²) in [6.07, 6.45) is 5.29. The van der Waals surface area contributed by atoms with Crippen molar-refractivity contribution in [2.75, 3.05) is 17.2 Å². The van der Waals surface area contributed by atoms with E-state index in [1.807, 2.05) is 56.4 Å². The Bertz CT molecular complexity index is 842. The quantitative estimate of drug-likeness (QED) is 0.565. The average molecular weight is 364 g/mol. The standard InChI is InChI=1S/C20H24N6O/c1-14(2)18(13-27)25-20-24-17(16-7-3-4-9-22-16)10-19(26-20)23-12-15-6-5-8-21-11-15/h3-11,14,18,27H,12-13H2,1-2H3,(H2,23,24,25,26)/t18-/m1/s1. The molecule has 0 spiro atoms. The van der Waals surface area contributed by atoms with Gasteiger partial charge in [0, 0.05) is 31.2 Å². The first-order valence-corrected chi connectivity index (χ1v) is 8.96. The zero-order valence-corrected chi connectivity index (χ0v) is 15.5. The van der Waals surface area contributed by atoms with Gasteiger partial charge >= 0.3 is 0 Å². The molecular formula is C20H24N6O. The molecule has 3 N–H and O–H groups in total. The largest absolute Gasteiger partial charge is 0.394 e. The number of aromatic nitrogens is 4. The second-order valence-electron chi connectivity index (χ2n) is 6.57. The lowest BCUT2D eigenvalue weighted by atomic mass is 10.1. The molecule has 3 heterocycles. The highest BCUT2D eigenvalue weighted by Gasteiger charge is 2.15. The summed E-state index contributed by atoms with van der Waals surface area (Å²) in [5, 5.41) is 16.1. The minimum atomic E-state index is -0.129. The number of pyridine rings is 2. The lowest BCUT2D eigenvalue weighted by Crippen LogP contribution is -2.30. The van der Waals surface area contributed by atoms with Gasteiger partial charge in [-0.3, -0.25) is 9.97 Å². The second-order valence-corrected chi connectivity index (χ2v) is 6.57. The summed E-state index contributed by atoms with van der Waals surface area (Å²) >= 11 is 0. The molecule has 1 atom stereocenters. The smallest absolute Gasteiger partial charge is 0.225 e. The lowest BCUT2D eigenvalue weighted by molar-refractivity contribution is 0.248. The van der Waals surface area contributed by atoms with Gasteiger partial charge in [-0.2, -0.15) is 4.98 Å². The normalized spacial score (nSPS) is 12.0. The molecule has 7 heteroatoms. The molecule has 0 radical (unpaired) electrons. The third kappa shape index (κ3) is 5.21. The molecule has 0 amide bonds. The monoisotopic (exact) mass is 364 g/mol. The first-order valence-electron chi connectivity index (χ1n) is 8.96. The Morgan fingerprint density at radius 3 is 2.59 bits per heavy atom. The molecular weight excluding hydrogens is 340 g/mol. The number of rotatable bonds is 8. The van der Waals surface area contributed by atoms with Crippen molar-refractivity contribution in [1.82, 2.24) is 19.9 Å². The summed E-state index contributed by atoms with van der Waals surface area (Å²) in [7, 11) is 0. The van der Waals surface area contributed by atoms with E-state index < -0.39 is 0 Å². The van der Waals surface area contributed by atoms with E-state index in [0.29, 0.717) is 24.0 Å². The van der Waals surface area contributed by atoms with Gasteiger partial charge in [-0.15, -0.1) is 0 Å². The summed E-state index contributed by atoms with van der Waals surface area (Å²) in [5.74, 6) is 1.38. The molecule has 0 aliphatic rings. The highest BCUT2D eigenvalue weighted by atomic mass is 16.3. The predicted molar refractivity (Wildman–Crippen MR) is 106 cm³/mol. The first-order chi connectivity index (χ1) is 13.2. The van der Waals surface area contributed by atoms with Crippen LogP contribution in [0.15, 0.2) is 55.0 Å². The number of nitrogens with one attached hydrogen (secondary N) is 2. The fourth-order valence-corrected chi connectivity index (χ4v) is 2.53. The van der Waals surface area contributed by atoms with Gasteiger partial charge in [0.1, 0.15) is 5.82 Å². The van der Waals surface area contributed by atoms with E-state index in [2.05, 4.69) is 30.6 Å². The van der Waals surface area contributed by atoms with E-state index in [0.717, 1.165) is 11.3 Å². The van der Waals surface area contributed by atoms with Crippen LogP contribution in [0.5, 0.6) is 0 Å². The van der Waals surface area contributed by atoms with Gasteiger partial charge in [-0.1, -0.05) is 26.0 Å². The van der Waals surface area contributed by atoms with Gasteiger partial charge in [-0.05, 0) is 29.7 Å². The number of nitrogens with zero attached hydrogens (tertiary/aromatic N) is 4. The van der Waals surface area contributed by atoms with E-state index in [1.165, 1.54) is 0 Å². The van der Waals surface area contributed by atoms with E-state index in [4.69, 9.17) is 0 Å². The Morgan fingerprint density at radius 1 is 1.04 bits per heavy atom. The van der Waals surface area contributed by atoms with Crippen LogP contribution < -0.4 is 10.6 Å². The van der Waals surface area contributed by atoms with E-state index in [1.54, 1.807) is 12.4 Å². The van der Waals surface area contributed by atoms with E-state index in [9.17, 15) is 5.11 Å². The Balaban J connectivity index is 1.88. The predicted octanol–water partition coefficient (Wildman–Crippen LogP) is 2.97. The highest BCUT2D eigenvalue weighted by molar-refractivity contribution is 5.61. The SMILES string of the molecule is CC(C)[C@@H](CO)Nc1nc(NCc2cccnc2)cc(-c2ccccn2)n1. The number of aliphatic hydroxyl groups is 1. The molecule has 0 saturated heterocycles. The summed E-state index contributed by atoms with van der Waals surface area (Å²) < 4.78 is 0. The maximum absolute atomic E-state index is 9.61. The van der Waals surface area contributed by atoms with Crippen molar-refractivity contribution < 1.29 is 5.11 Å². The van der Waals surface area contributed by atoms with Crippen LogP contribution in [0.2, 0.25) is 0 Å². The van der Waals surface area contributed by atoms with Crippen LogP contribution in [0.4, 0.5) is 11.8 Å². The van der Waals surface area contributed by atoms with Gasteiger partial charge in [0.05, 0.1) is 24.0 Å². The number of anilines is 2. The van der Waals surface area contributed by atoms with Crippen LogP contribution >= 0.6 is 0 Å². The van der Waals surface area contributed by atoms with E-state index in [-0.39, 0.29) is 18.6 Å². The molecule has 0 aliphatic heterocycles. The first kappa shape index (κ1) is 18.7. The molecule has 0 saturated carbocycles. The number of hydrogen-bond donors (Lipinski definition) is 3. The molecule has 0 bridgehead atoms. The van der Waals surface area contributed by atoms with Crippen molar-refractivity contribution in [2.45, 2.75) is 26.4 Å². The maximum Gasteiger partial charge on any atom is 0.225 e. The summed E-state index contributed by atoms with van der Waals surface area (Å²) in [6, 6.07) is 11.3. The zero-order valence-electron chi connectivity index (χ0n) is 15.5. The molecule has 0 fully saturated rings. The Morgan fingerprint density at radius 2 is 1.93 bits per heavy atom. The third-order valence-corrected chi connectivity index (χ3v) is 4.17. The molecule has 27 heavy (non-hydrogen) atoms. The van der Waals surface area contributed by atoms with Crippen molar-refractivity contribution >= 4 is 11.8 Å². The van der Waals surface area contributed by atoms with Crippen LogP contribution in [0.25, 0.3) is 11.4 Å². The average Bonchev–Trinajstić information content (AvgIpc) is 2.71. The van der Waals surface area contributed by atoms with Gasteiger partial charge < -0.3 is 15.7 Å². The van der Waals surface area contributed by atoms with Crippen LogP contribution in [0.3, 0.4) is 0 Å². The van der Waals surface area contributed by atoms with Crippen molar-refractivity contribution in [1.29, 1.82) is 0 Å². The molecule has 0 unspecified atom stereocenters. The zero-order chi connectivity index (χ0) is 19.1. The molecule has 0 aliphatic carbocycles. The lowest BCUT2D eigenvalue weighted by Gasteiger charge is -2.20. The van der Waals surface area contributed by atoms with Crippen molar-refractivity contribution in [3.8, 4) is 11.4 Å². The molecule has 3 aromatic heterocycles.